The smallest absolute Gasteiger partial charge is 0.237 e. The molecular formula is C27H27N5O. The predicted octanol–water partition coefficient (Wildman–Crippen LogP) is 4.64. The molecule has 0 amide bonds. The maximum atomic E-state index is 8.83. The van der Waals surface area contributed by atoms with Crippen LogP contribution in [-0.4, -0.2) is 35.7 Å². The van der Waals surface area contributed by atoms with Crippen LogP contribution in [0.1, 0.15) is 11.1 Å². The minimum Gasteiger partial charge on any atom is -0.470 e. The Kier molecular flexibility index (Phi) is 7.72. The number of hydrogen-bond acceptors (Lipinski definition) is 5. The van der Waals surface area contributed by atoms with Crippen LogP contribution in [0.5, 0.6) is 5.88 Å². The number of pyridine rings is 1. The Morgan fingerprint density at radius 3 is 2.45 bits per heavy atom. The van der Waals surface area contributed by atoms with Crippen LogP contribution in [0.25, 0.3) is 11.3 Å². The van der Waals surface area contributed by atoms with E-state index in [-0.39, 0.29) is 6.10 Å². The fourth-order valence-electron chi connectivity index (χ4n) is 3.49. The van der Waals surface area contributed by atoms with Gasteiger partial charge in [-0.05, 0) is 48.9 Å². The van der Waals surface area contributed by atoms with Gasteiger partial charge in [0.25, 0.3) is 0 Å². The third-order valence-electron chi connectivity index (χ3n) is 5.27. The quantitative estimate of drug-likeness (QED) is 0.383. The number of nitriles is 1. The predicted molar refractivity (Wildman–Crippen MR) is 131 cm³/mol. The summed E-state index contributed by atoms with van der Waals surface area (Å²) in [5.74, 6) is 0.649. The molecular weight excluding hydrogens is 410 g/mol. The Balaban J connectivity index is 0.000000376. The molecule has 33 heavy (non-hydrogen) atoms. The SMILES string of the molecule is N#Cc1ccc(CCNCC2CNc3cc(-c4ccc[nH]4)cnc3O2)cc1.c1ccccc1. The molecule has 0 bridgehead atoms. The van der Waals surface area contributed by atoms with Crippen molar-refractivity contribution in [3.63, 3.8) is 0 Å². The summed E-state index contributed by atoms with van der Waals surface area (Å²) in [6.45, 7) is 2.35. The van der Waals surface area contributed by atoms with Crippen molar-refractivity contribution in [2.45, 2.75) is 12.5 Å². The average Bonchev–Trinajstić information content (AvgIpc) is 3.43. The second-order valence-electron chi connectivity index (χ2n) is 7.70. The summed E-state index contributed by atoms with van der Waals surface area (Å²) >= 11 is 0. The van der Waals surface area contributed by atoms with Crippen LogP contribution in [0.15, 0.2) is 91.3 Å². The molecule has 0 fully saturated rings. The number of aromatic amines is 1. The van der Waals surface area contributed by atoms with Gasteiger partial charge >= 0.3 is 0 Å². The topological polar surface area (TPSA) is 85.8 Å². The van der Waals surface area contributed by atoms with Gasteiger partial charge in [0.15, 0.2) is 0 Å². The lowest BCUT2D eigenvalue weighted by Crippen LogP contribution is -2.40. The van der Waals surface area contributed by atoms with E-state index in [1.807, 2.05) is 85.2 Å². The van der Waals surface area contributed by atoms with Gasteiger partial charge in [0.2, 0.25) is 5.88 Å². The molecule has 166 valence electrons. The van der Waals surface area contributed by atoms with Gasteiger partial charge in [-0.3, -0.25) is 0 Å². The zero-order valence-corrected chi connectivity index (χ0v) is 18.4. The minimum absolute atomic E-state index is 0.0438. The maximum absolute atomic E-state index is 8.83. The van der Waals surface area contributed by atoms with Gasteiger partial charge in [0, 0.05) is 30.2 Å². The normalized spacial score (nSPS) is 14.0. The molecule has 6 nitrogen and oxygen atoms in total. The lowest BCUT2D eigenvalue weighted by molar-refractivity contribution is 0.194. The zero-order chi connectivity index (χ0) is 22.7. The first-order chi connectivity index (χ1) is 16.3. The number of anilines is 1. The molecule has 3 N–H and O–H groups in total. The lowest BCUT2D eigenvalue weighted by atomic mass is 10.1. The largest absolute Gasteiger partial charge is 0.470 e. The van der Waals surface area contributed by atoms with Crippen LogP contribution < -0.4 is 15.4 Å². The highest BCUT2D eigenvalue weighted by Gasteiger charge is 2.20. The first-order valence-corrected chi connectivity index (χ1v) is 11.1. The van der Waals surface area contributed by atoms with E-state index in [0.717, 1.165) is 43.0 Å². The summed E-state index contributed by atoms with van der Waals surface area (Å²) in [5.41, 5.74) is 4.91. The monoisotopic (exact) mass is 437 g/mol. The third kappa shape index (κ3) is 6.45. The molecule has 0 spiro atoms. The molecule has 0 saturated heterocycles. The number of rotatable bonds is 6. The third-order valence-corrected chi connectivity index (χ3v) is 5.27. The van der Waals surface area contributed by atoms with Crippen molar-refractivity contribution in [1.29, 1.82) is 5.26 Å². The van der Waals surface area contributed by atoms with Crippen molar-refractivity contribution in [3.05, 3.63) is 102 Å². The van der Waals surface area contributed by atoms with E-state index in [9.17, 15) is 0 Å². The lowest BCUT2D eigenvalue weighted by Gasteiger charge is -2.27. The number of aromatic nitrogens is 2. The van der Waals surface area contributed by atoms with Crippen molar-refractivity contribution >= 4 is 5.69 Å². The fourth-order valence-corrected chi connectivity index (χ4v) is 3.49. The standard InChI is InChI=1S/C21H21N5O.C6H6/c22-11-16-5-3-15(4-6-16)7-9-23-13-18-14-25-20-10-17(12-26-21(20)27-18)19-2-1-8-24-19;1-2-4-6-5-3-1/h1-6,8,10,12,18,23-25H,7,9,13-14H2;1-6H. The van der Waals surface area contributed by atoms with Gasteiger partial charge in [-0.25, -0.2) is 4.98 Å². The molecule has 3 heterocycles. The Hall–Kier alpha value is -4.08. The zero-order valence-electron chi connectivity index (χ0n) is 18.4. The number of nitrogens with one attached hydrogen (secondary N) is 3. The first-order valence-electron chi connectivity index (χ1n) is 11.1. The van der Waals surface area contributed by atoms with Gasteiger partial charge in [-0.1, -0.05) is 48.5 Å². The Bertz CT molecular complexity index is 1120. The highest BCUT2D eigenvalue weighted by atomic mass is 16.5. The van der Waals surface area contributed by atoms with Crippen molar-refractivity contribution in [2.24, 2.45) is 0 Å². The summed E-state index contributed by atoms with van der Waals surface area (Å²) in [4.78, 5) is 7.65. The number of hydrogen-bond donors (Lipinski definition) is 3. The van der Waals surface area contributed by atoms with Crippen molar-refractivity contribution < 1.29 is 4.74 Å². The molecule has 1 unspecified atom stereocenters. The summed E-state index contributed by atoms with van der Waals surface area (Å²) in [5, 5.41) is 15.7. The molecule has 1 atom stereocenters. The molecule has 1 aliphatic heterocycles. The van der Waals surface area contributed by atoms with Crippen molar-refractivity contribution in [2.75, 3.05) is 25.0 Å². The molecule has 2 aromatic carbocycles. The van der Waals surface area contributed by atoms with Crippen molar-refractivity contribution in [3.8, 4) is 23.2 Å². The molecule has 1 aliphatic rings. The number of benzene rings is 2. The van der Waals surface area contributed by atoms with Gasteiger partial charge < -0.3 is 20.4 Å². The fraction of sp³-hybridized carbons (Fsp3) is 0.185. The number of ether oxygens (including phenoxy) is 1. The highest BCUT2D eigenvalue weighted by molar-refractivity contribution is 5.67. The van der Waals surface area contributed by atoms with Gasteiger partial charge in [0.05, 0.1) is 23.9 Å². The Morgan fingerprint density at radius 1 is 1.03 bits per heavy atom. The van der Waals surface area contributed by atoms with Crippen molar-refractivity contribution in [1.82, 2.24) is 15.3 Å². The van der Waals surface area contributed by atoms with E-state index in [4.69, 9.17) is 10.00 Å². The van der Waals surface area contributed by atoms with Crippen LogP contribution in [0.4, 0.5) is 5.69 Å². The molecule has 0 radical (unpaired) electrons. The van der Waals surface area contributed by atoms with Crippen LogP contribution in [-0.2, 0) is 6.42 Å². The van der Waals surface area contributed by atoms with E-state index in [1.54, 1.807) is 0 Å². The van der Waals surface area contributed by atoms with Crippen LogP contribution in [0.3, 0.4) is 0 Å². The second-order valence-corrected chi connectivity index (χ2v) is 7.70. The molecule has 6 heteroatoms. The van der Waals surface area contributed by atoms with E-state index in [1.165, 1.54) is 5.56 Å². The molecule has 4 aromatic rings. The van der Waals surface area contributed by atoms with E-state index < -0.39 is 0 Å². The summed E-state index contributed by atoms with van der Waals surface area (Å²) in [7, 11) is 0. The minimum atomic E-state index is 0.0438. The maximum Gasteiger partial charge on any atom is 0.237 e. The summed E-state index contributed by atoms with van der Waals surface area (Å²) in [6, 6.07) is 27.9. The molecule has 2 aromatic heterocycles. The summed E-state index contributed by atoms with van der Waals surface area (Å²) < 4.78 is 6.00. The van der Waals surface area contributed by atoms with E-state index in [2.05, 4.69) is 32.7 Å². The number of nitrogens with zero attached hydrogens (tertiary/aromatic N) is 2. The first kappa shape index (κ1) is 22.1. The molecule has 5 rings (SSSR count). The van der Waals surface area contributed by atoms with Gasteiger partial charge in [0.1, 0.15) is 6.10 Å². The second kappa shape index (κ2) is 11.5. The van der Waals surface area contributed by atoms with Crippen LogP contribution in [0.2, 0.25) is 0 Å². The average molecular weight is 438 g/mol. The Labute approximate surface area is 194 Å². The summed E-state index contributed by atoms with van der Waals surface area (Å²) in [6.07, 6.45) is 4.69. The van der Waals surface area contributed by atoms with Gasteiger partial charge in [-0.15, -0.1) is 0 Å². The van der Waals surface area contributed by atoms with E-state index in [0.29, 0.717) is 11.4 Å². The Morgan fingerprint density at radius 2 is 1.79 bits per heavy atom. The van der Waals surface area contributed by atoms with Gasteiger partial charge in [-0.2, -0.15) is 5.26 Å². The molecule has 0 aliphatic carbocycles. The van der Waals surface area contributed by atoms with Crippen LogP contribution >= 0.6 is 0 Å². The van der Waals surface area contributed by atoms with Crippen LogP contribution in [0, 0.1) is 11.3 Å². The number of H-pyrrole nitrogens is 1. The van der Waals surface area contributed by atoms with E-state index >= 15 is 0 Å². The molecule has 0 saturated carbocycles. The highest BCUT2D eigenvalue weighted by Crippen LogP contribution is 2.30. The number of fused-ring (bicyclic) bond motifs is 1.